The summed E-state index contributed by atoms with van der Waals surface area (Å²) < 4.78 is 64.5. The average molecular weight is 424 g/mol. The fraction of sp³-hybridized carbons (Fsp3) is 0.500. The van der Waals surface area contributed by atoms with Gasteiger partial charge in [0.1, 0.15) is 0 Å². The number of hydrogen-bond donors (Lipinski definition) is 1. The minimum absolute atomic E-state index is 0. The molecule has 1 aliphatic rings. The Hall–Kier alpha value is -0.350. The van der Waals surface area contributed by atoms with Crippen LogP contribution in [0.2, 0.25) is 0 Å². The van der Waals surface area contributed by atoms with Crippen molar-refractivity contribution in [1.82, 2.24) is 4.31 Å². The molecule has 22 heavy (non-hydrogen) atoms. The van der Waals surface area contributed by atoms with Gasteiger partial charge in [0.05, 0.1) is 10.5 Å². The molecule has 1 saturated heterocycles. The zero-order valence-corrected chi connectivity index (χ0v) is 14.5. The van der Waals surface area contributed by atoms with Crippen LogP contribution in [0.25, 0.3) is 0 Å². The van der Waals surface area contributed by atoms with Gasteiger partial charge in [-0.3, -0.25) is 0 Å². The number of rotatable bonds is 2. The second kappa shape index (κ2) is 7.04. The van der Waals surface area contributed by atoms with E-state index in [0.717, 1.165) is 16.4 Å². The molecule has 1 heterocycles. The highest BCUT2D eigenvalue weighted by Crippen LogP contribution is 2.34. The highest BCUT2D eigenvalue weighted by molar-refractivity contribution is 9.10. The first-order chi connectivity index (χ1) is 9.62. The summed E-state index contributed by atoms with van der Waals surface area (Å²) in [6, 6.07) is 2.29. The Bertz CT molecular complexity index is 640. The first-order valence-electron chi connectivity index (χ1n) is 6.25. The van der Waals surface area contributed by atoms with Crippen LogP contribution < -0.4 is 5.73 Å². The van der Waals surface area contributed by atoms with Crippen molar-refractivity contribution in [2.24, 2.45) is 5.73 Å². The van der Waals surface area contributed by atoms with Gasteiger partial charge >= 0.3 is 6.18 Å². The zero-order chi connectivity index (χ0) is 15.8. The number of benzene rings is 1. The predicted molar refractivity (Wildman–Crippen MR) is 82.4 cm³/mol. The number of nitrogens with two attached hydrogens (primary N) is 1. The van der Waals surface area contributed by atoms with E-state index in [2.05, 4.69) is 15.9 Å². The molecule has 1 atom stereocenters. The van der Waals surface area contributed by atoms with E-state index in [-0.39, 0.29) is 40.9 Å². The van der Waals surface area contributed by atoms with E-state index in [1.807, 2.05) is 0 Å². The van der Waals surface area contributed by atoms with Crippen molar-refractivity contribution in [1.29, 1.82) is 0 Å². The van der Waals surface area contributed by atoms with E-state index in [9.17, 15) is 21.6 Å². The van der Waals surface area contributed by atoms with Gasteiger partial charge in [-0.15, -0.1) is 12.4 Å². The van der Waals surface area contributed by atoms with Crippen molar-refractivity contribution in [2.45, 2.75) is 30.0 Å². The normalized spacial score (nSPS) is 20.5. The maximum atomic E-state index is 12.7. The van der Waals surface area contributed by atoms with Crippen molar-refractivity contribution in [2.75, 3.05) is 13.1 Å². The molecule has 0 radical (unpaired) electrons. The van der Waals surface area contributed by atoms with Crippen molar-refractivity contribution in [3.63, 3.8) is 0 Å². The van der Waals surface area contributed by atoms with E-state index in [1.165, 1.54) is 0 Å². The van der Waals surface area contributed by atoms with E-state index in [1.54, 1.807) is 0 Å². The van der Waals surface area contributed by atoms with Gasteiger partial charge < -0.3 is 5.73 Å². The summed E-state index contributed by atoms with van der Waals surface area (Å²) in [5.74, 6) is 0. The van der Waals surface area contributed by atoms with Crippen molar-refractivity contribution in [3.8, 4) is 0 Å². The molecule has 1 aliphatic heterocycles. The molecular weight excluding hydrogens is 409 g/mol. The van der Waals surface area contributed by atoms with Gasteiger partial charge in [0.2, 0.25) is 10.0 Å². The van der Waals surface area contributed by atoms with E-state index in [4.69, 9.17) is 5.73 Å². The third-order valence-corrected chi connectivity index (χ3v) is 6.16. The largest absolute Gasteiger partial charge is 0.416 e. The van der Waals surface area contributed by atoms with Crippen LogP contribution in [0, 0.1) is 0 Å². The van der Waals surface area contributed by atoms with Gasteiger partial charge in [0.25, 0.3) is 0 Å². The van der Waals surface area contributed by atoms with Crippen LogP contribution in [-0.2, 0) is 16.2 Å². The van der Waals surface area contributed by atoms with Crippen LogP contribution >= 0.6 is 28.3 Å². The summed E-state index contributed by atoms with van der Waals surface area (Å²) in [4.78, 5) is -0.383. The van der Waals surface area contributed by atoms with Gasteiger partial charge in [-0.1, -0.05) is 0 Å². The molecule has 0 saturated carbocycles. The maximum Gasteiger partial charge on any atom is 0.416 e. The Morgan fingerprint density at radius 3 is 2.50 bits per heavy atom. The van der Waals surface area contributed by atoms with E-state index >= 15 is 0 Å². The molecular formula is C12H15BrClF3N2O2S. The molecule has 1 unspecified atom stereocenters. The molecule has 4 nitrogen and oxygen atoms in total. The molecule has 10 heteroatoms. The summed E-state index contributed by atoms with van der Waals surface area (Å²) in [6.45, 7) is 0.379. The number of piperidine rings is 1. The molecule has 0 bridgehead atoms. The minimum atomic E-state index is -4.59. The van der Waals surface area contributed by atoms with E-state index < -0.39 is 21.8 Å². The Kier molecular flexibility index (Phi) is 6.30. The lowest BCUT2D eigenvalue weighted by molar-refractivity contribution is -0.137. The zero-order valence-electron chi connectivity index (χ0n) is 11.3. The Balaban J connectivity index is 0.00000242. The Labute approximate surface area is 141 Å². The number of sulfonamides is 1. The quantitative estimate of drug-likeness (QED) is 0.795. The summed E-state index contributed by atoms with van der Waals surface area (Å²) in [5.41, 5.74) is 4.74. The summed E-state index contributed by atoms with van der Waals surface area (Å²) in [7, 11) is -4.00. The topological polar surface area (TPSA) is 63.4 Å². The first-order valence-corrected chi connectivity index (χ1v) is 8.48. The molecule has 1 fully saturated rings. The Morgan fingerprint density at radius 2 is 1.95 bits per heavy atom. The monoisotopic (exact) mass is 422 g/mol. The first kappa shape index (κ1) is 19.7. The molecule has 126 valence electrons. The standard InChI is InChI=1S/C12H14BrF3N2O2S.ClH/c13-10-4-3-8(12(14,15)16)6-11(10)21(19,20)18-5-1-2-9(17)7-18;/h3-4,6,9H,1-2,5,7,17H2;1H. The smallest absolute Gasteiger partial charge is 0.327 e. The number of alkyl halides is 3. The molecule has 1 aromatic carbocycles. The number of halogens is 5. The van der Waals surface area contributed by atoms with Crippen LogP contribution in [0.1, 0.15) is 18.4 Å². The van der Waals surface area contributed by atoms with Gasteiger partial charge in [-0.05, 0) is 47.0 Å². The van der Waals surface area contributed by atoms with Gasteiger partial charge in [-0.25, -0.2) is 8.42 Å². The highest BCUT2D eigenvalue weighted by atomic mass is 79.9. The van der Waals surface area contributed by atoms with Gasteiger partial charge in [0, 0.05) is 23.6 Å². The molecule has 2 N–H and O–H groups in total. The third-order valence-electron chi connectivity index (χ3n) is 3.30. The van der Waals surface area contributed by atoms with Crippen LogP contribution in [0.15, 0.2) is 27.6 Å². The molecule has 0 spiro atoms. The van der Waals surface area contributed by atoms with Crippen molar-refractivity contribution in [3.05, 3.63) is 28.2 Å². The fourth-order valence-corrected chi connectivity index (χ4v) is 4.69. The molecule has 2 rings (SSSR count). The summed E-state index contributed by atoms with van der Waals surface area (Å²) in [5, 5.41) is 0. The number of nitrogens with zero attached hydrogens (tertiary/aromatic N) is 1. The average Bonchev–Trinajstić information content (AvgIpc) is 2.37. The lowest BCUT2D eigenvalue weighted by atomic mass is 10.1. The highest BCUT2D eigenvalue weighted by Gasteiger charge is 2.35. The van der Waals surface area contributed by atoms with E-state index in [0.29, 0.717) is 18.9 Å². The van der Waals surface area contributed by atoms with Crippen molar-refractivity contribution >= 4 is 38.4 Å². The van der Waals surface area contributed by atoms with Crippen LogP contribution in [0.3, 0.4) is 0 Å². The third kappa shape index (κ3) is 4.14. The molecule has 0 aliphatic carbocycles. The predicted octanol–water partition coefficient (Wildman–Crippen LogP) is 3.00. The van der Waals surface area contributed by atoms with Gasteiger partial charge in [0.15, 0.2) is 0 Å². The SMILES string of the molecule is Cl.NC1CCCN(S(=O)(=O)c2cc(C(F)(F)F)ccc2Br)C1. The van der Waals surface area contributed by atoms with Crippen LogP contribution in [0.4, 0.5) is 13.2 Å². The summed E-state index contributed by atoms with van der Waals surface area (Å²) >= 11 is 3.01. The van der Waals surface area contributed by atoms with Crippen LogP contribution in [0.5, 0.6) is 0 Å². The second-order valence-electron chi connectivity index (χ2n) is 4.91. The lowest BCUT2D eigenvalue weighted by Gasteiger charge is -2.30. The second-order valence-corrected chi connectivity index (χ2v) is 7.67. The lowest BCUT2D eigenvalue weighted by Crippen LogP contribution is -2.45. The van der Waals surface area contributed by atoms with Crippen LogP contribution in [-0.4, -0.2) is 31.9 Å². The molecule has 0 amide bonds. The maximum absolute atomic E-state index is 12.7. The minimum Gasteiger partial charge on any atom is -0.327 e. The summed E-state index contributed by atoms with van der Waals surface area (Å²) in [6.07, 6.45) is -3.30. The fourth-order valence-electron chi connectivity index (χ4n) is 2.21. The van der Waals surface area contributed by atoms with Crippen molar-refractivity contribution < 1.29 is 21.6 Å². The molecule has 0 aromatic heterocycles. The number of hydrogen-bond acceptors (Lipinski definition) is 3. The van der Waals surface area contributed by atoms with Gasteiger partial charge in [-0.2, -0.15) is 17.5 Å². The Morgan fingerprint density at radius 1 is 1.32 bits per heavy atom. The molecule has 1 aromatic rings.